The van der Waals surface area contributed by atoms with Crippen LogP contribution in [0.5, 0.6) is 0 Å². The van der Waals surface area contributed by atoms with Gasteiger partial charge in [-0.25, -0.2) is 13.1 Å². The summed E-state index contributed by atoms with van der Waals surface area (Å²) < 4.78 is 26.7. The van der Waals surface area contributed by atoms with Crippen LogP contribution in [0.1, 0.15) is 11.1 Å². The molecule has 0 unspecified atom stereocenters. The van der Waals surface area contributed by atoms with Crippen LogP contribution in [0.2, 0.25) is 0 Å². The van der Waals surface area contributed by atoms with Crippen molar-refractivity contribution >= 4 is 40.0 Å². The van der Waals surface area contributed by atoms with E-state index in [0.29, 0.717) is 12.5 Å². The van der Waals surface area contributed by atoms with Crippen molar-refractivity contribution in [2.75, 3.05) is 25.9 Å². The Kier molecular flexibility index (Phi) is 11.0. The second-order valence-electron chi connectivity index (χ2n) is 5.79. The van der Waals surface area contributed by atoms with Crippen LogP contribution >= 0.6 is 24.0 Å². The van der Waals surface area contributed by atoms with Gasteiger partial charge in [0.05, 0.1) is 5.75 Å². The normalized spacial score (nSPS) is 11.5. The monoisotopic (exact) mass is 502 g/mol. The number of halogens is 1. The van der Waals surface area contributed by atoms with Crippen molar-refractivity contribution in [1.29, 1.82) is 0 Å². The SMILES string of the molecule is CN=C(NCCc1ccccc1)NCCS(=O)(=O)NCc1ccccc1.I. The molecule has 0 spiro atoms. The molecule has 0 aromatic heterocycles. The first-order valence-corrected chi connectivity index (χ1v) is 10.2. The highest BCUT2D eigenvalue weighted by Gasteiger charge is 2.10. The van der Waals surface area contributed by atoms with Gasteiger partial charge in [-0.15, -0.1) is 24.0 Å². The largest absolute Gasteiger partial charge is 0.356 e. The van der Waals surface area contributed by atoms with Gasteiger partial charge in [-0.2, -0.15) is 0 Å². The Morgan fingerprint density at radius 2 is 1.44 bits per heavy atom. The first-order chi connectivity index (χ1) is 12.6. The van der Waals surface area contributed by atoms with E-state index < -0.39 is 10.0 Å². The number of rotatable bonds is 9. The molecule has 0 aliphatic heterocycles. The Hall–Kier alpha value is -1.65. The van der Waals surface area contributed by atoms with Crippen molar-refractivity contribution < 1.29 is 8.42 Å². The van der Waals surface area contributed by atoms with Crippen LogP contribution in [0, 0.1) is 0 Å². The summed E-state index contributed by atoms with van der Waals surface area (Å²) in [5, 5.41) is 6.22. The number of guanidine groups is 1. The molecule has 6 nitrogen and oxygen atoms in total. The zero-order chi connectivity index (χ0) is 18.7. The molecule has 0 aliphatic rings. The van der Waals surface area contributed by atoms with E-state index in [1.54, 1.807) is 7.05 Å². The van der Waals surface area contributed by atoms with Crippen molar-refractivity contribution in [2.45, 2.75) is 13.0 Å². The molecule has 8 heteroatoms. The van der Waals surface area contributed by atoms with E-state index in [9.17, 15) is 8.42 Å². The van der Waals surface area contributed by atoms with Gasteiger partial charge in [-0.1, -0.05) is 60.7 Å². The highest BCUT2D eigenvalue weighted by atomic mass is 127. The lowest BCUT2D eigenvalue weighted by Crippen LogP contribution is -2.41. The highest BCUT2D eigenvalue weighted by molar-refractivity contribution is 14.0. The molecule has 27 heavy (non-hydrogen) atoms. The van der Waals surface area contributed by atoms with Gasteiger partial charge in [-0.05, 0) is 17.5 Å². The standard InChI is InChI=1S/C19H26N4O2S.HI/c1-20-19(21-13-12-17-8-4-2-5-9-17)22-14-15-26(24,25)23-16-18-10-6-3-7-11-18;/h2-11,23H,12-16H2,1H3,(H2,20,21,22);1H. The van der Waals surface area contributed by atoms with Crippen LogP contribution in [0.3, 0.4) is 0 Å². The minimum absolute atomic E-state index is 0. The van der Waals surface area contributed by atoms with Crippen LogP contribution in [0.15, 0.2) is 65.7 Å². The minimum Gasteiger partial charge on any atom is -0.356 e. The third-order valence-electron chi connectivity index (χ3n) is 3.77. The topological polar surface area (TPSA) is 82.6 Å². The lowest BCUT2D eigenvalue weighted by molar-refractivity contribution is 0.580. The molecular weight excluding hydrogens is 475 g/mol. The van der Waals surface area contributed by atoms with Gasteiger partial charge in [0, 0.05) is 26.7 Å². The van der Waals surface area contributed by atoms with E-state index >= 15 is 0 Å². The molecular formula is C19H27IN4O2S. The van der Waals surface area contributed by atoms with Gasteiger partial charge >= 0.3 is 0 Å². The average molecular weight is 502 g/mol. The minimum atomic E-state index is -3.34. The summed E-state index contributed by atoms with van der Waals surface area (Å²) in [5.41, 5.74) is 2.17. The first-order valence-electron chi connectivity index (χ1n) is 8.59. The maximum Gasteiger partial charge on any atom is 0.213 e. The summed E-state index contributed by atoms with van der Waals surface area (Å²) >= 11 is 0. The molecule has 0 bridgehead atoms. The van der Waals surface area contributed by atoms with Gasteiger partial charge in [0.1, 0.15) is 0 Å². The molecule has 0 aliphatic carbocycles. The molecule has 0 radical (unpaired) electrons. The summed E-state index contributed by atoms with van der Waals surface area (Å²) in [5.74, 6) is 0.582. The number of aliphatic imine (C=N–C) groups is 1. The van der Waals surface area contributed by atoms with Gasteiger partial charge in [-0.3, -0.25) is 4.99 Å². The Morgan fingerprint density at radius 3 is 2.04 bits per heavy atom. The van der Waals surface area contributed by atoms with Crippen LogP contribution in [0.4, 0.5) is 0 Å². The molecule has 2 rings (SSSR count). The predicted molar refractivity (Wildman–Crippen MR) is 122 cm³/mol. The van der Waals surface area contributed by atoms with Crippen LogP contribution in [-0.2, 0) is 23.0 Å². The van der Waals surface area contributed by atoms with Crippen molar-refractivity contribution in [1.82, 2.24) is 15.4 Å². The Morgan fingerprint density at radius 1 is 0.889 bits per heavy atom. The zero-order valence-corrected chi connectivity index (χ0v) is 18.5. The van der Waals surface area contributed by atoms with Gasteiger partial charge in [0.15, 0.2) is 5.96 Å². The zero-order valence-electron chi connectivity index (χ0n) is 15.4. The van der Waals surface area contributed by atoms with Crippen LogP contribution < -0.4 is 15.4 Å². The first kappa shape index (κ1) is 23.4. The second-order valence-corrected chi connectivity index (χ2v) is 7.71. The van der Waals surface area contributed by atoms with Crippen LogP contribution in [-0.4, -0.2) is 40.3 Å². The van der Waals surface area contributed by atoms with E-state index in [-0.39, 0.29) is 36.3 Å². The summed E-state index contributed by atoms with van der Waals surface area (Å²) in [6, 6.07) is 19.6. The maximum atomic E-state index is 12.1. The molecule has 148 valence electrons. The Labute approximate surface area is 178 Å². The van der Waals surface area contributed by atoms with E-state index in [1.807, 2.05) is 48.5 Å². The van der Waals surface area contributed by atoms with E-state index in [1.165, 1.54) is 5.56 Å². The Bertz CT molecular complexity index is 784. The van der Waals surface area contributed by atoms with Crippen molar-refractivity contribution in [2.24, 2.45) is 4.99 Å². The molecule has 0 saturated carbocycles. The number of sulfonamides is 1. The average Bonchev–Trinajstić information content (AvgIpc) is 2.67. The molecule has 0 saturated heterocycles. The summed E-state index contributed by atoms with van der Waals surface area (Å²) in [6.07, 6.45) is 0.873. The summed E-state index contributed by atoms with van der Waals surface area (Å²) in [7, 11) is -1.68. The van der Waals surface area contributed by atoms with E-state index in [2.05, 4.69) is 32.5 Å². The lowest BCUT2D eigenvalue weighted by atomic mass is 10.1. The number of hydrogen-bond donors (Lipinski definition) is 3. The van der Waals surface area contributed by atoms with Gasteiger partial charge in [0.25, 0.3) is 0 Å². The van der Waals surface area contributed by atoms with Crippen molar-refractivity contribution in [3.05, 3.63) is 71.8 Å². The predicted octanol–water partition coefficient (Wildman–Crippen LogP) is 2.13. The van der Waals surface area contributed by atoms with E-state index in [0.717, 1.165) is 18.5 Å². The molecule has 0 atom stereocenters. The Balaban J connectivity index is 0.00000364. The highest BCUT2D eigenvalue weighted by Crippen LogP contribution is 1.99. The second kappa shape index (κ2) is 12.7. The summed E-state index contributed by atoms with van der Waals surface area (Å²) in [4.78, 5) is 4.11. The van der Waals surface area contributed by atoms with Gasteiger partial charge in [0.2, 0.25) is 10.0 Å². The number of benzene rings is 2. The lowest BCUT2D eigenvalue weighted by Gasteiger charge is -2.12. The van der Waals surface area contributed by atoms with Crippen LogP contribution in [0.25, 0.3) is 0 Å². The fraction of sp³-hybridized carbons (Fsp3) is 0.316. The fourth-order valence-corrected chi connectivity index (χ4v) is 3.26. The molecule has 2 aromatic carbocycles. The number of nitrogens with one attached hydrogen (secondary N) is 3. The molecule has 0 amide bonds. The smallest absolute Gasteiger partial charge is 0.213 e. The van der Waals surface area contributed by atoms with Crippen molar-refractivity contribution in [3.8, 4) is 0 Å². The molecule has 0 fully saturated rings. The third-order valence-corrected chi connectivity index (χ3v) is 5.10. The number of nitrogens with zero attached hydrogens (tertiary/aromatic N) is 1. The fourth-order valence-electron chi connectivity index (χ4n) is 2.36. The van der Waals surface area contributed by atoms with Gasteiger partial charge < -0.3 is 10.6 Å². The molecule has 3 N–H and O–H groups in total. The summed E-state index contributed by atoms with van der Waals surface area (Å²) in [6.45, 7) is 1.31. The number of hydrogen-bond acceptors (Lipinski definition) is 3. The molecule has 0 heterocycles. The van der Waals surface area contributed by atoms with E-state index in [4.69, 9.17) is 0 Å². The van der Waals surface area contributed by atoms with Crippen molar-refractivity contribution in [3.63, 3.8) is 0 Å². The molecule has 2 aromatic rings. The third kappa shape index (κ3) is 9.73. The quantitative estimate of drug-likeness (QED) is 0.279. The maximum absolute atomic E-state index is 12.1.